The van der Waals surface area contributed by atoms with Crippen molar-refractivity contribution in [2.24, 2.45) is 11.7 Å². The van der Waals surface area contributed by atoms with Crippen LogP contribution in [-0.4, -0.2) is 59.8 Å². The Labute approximate surface area is 207 Å². The predicted molar refractivity (Wildman–Crippen MR) is 132 cm³/mol. The molecule has 0 aliphatic carbocycles. The zero-order valence-electron chi connectivity index (χ0n) is 21.1. The number of hydrogen-bond donors (Lipinski definition) is 1. The molecule has 1 atom stereocenters. The fourth-order valence-electron chi connectivity index (χ4n) is 5.04. The first-order chi connectivity index (χ1) is 16.8. The zero-order valence-corrected chi connectivity index (χ0v) is 21.1. The summed E-state index contributed by atoms with van der Waals surface area (Å²) in [6, 6.07) is 5.88. The van der Waals surface area contributed by atoms with Crippen molar-refractivity contribution in [3.63, 3.8) is 0 Å². The van der Waals surface area contributed by atoms with Crippen LogP contribution in [0, 0.1) is 12.8 Å². The Morgan fingerprint density at radius 3 is 2.69 bits per heavy atom. The highest BCUT2D eigenvalue weighted by atomic mass is 19.1. The highest BCUT2D eigenvalue weighted by Crippen LogP contribution is 2.28. The third-order valence-electron chi connectivity index (χ3n) is 7.19. The van der Waals surface area contributed by atoms with Crippen molar-refractivity contribution in [1.29, 1.82) is 0 Å². The first-order valence-corrected chi connectivity index (χ1v) is 12.8. The smallest absolute Gasteiger partial charge is 0.266 e. The number of nitrogens with two attached hydrogens (primary N) is 1. The summed E-state index contributed by atoms with van der Waals surface area (Å²) in [5.74, 6) is 1.99. The number of amides is 1. The molecule has 2 aromatic rings. The Morgan fingerprint density at radius 2 is 2.03 bits per heavy atom. The topological polar surface area (TPSA) is 97.7 Å². The number of rotatable bonds is 9. The lowest BCUT2D eigenvalue weighted by Crippen LogP contribution is -2.40. The molecule has 8 nitrogen and oxygen atoms in total. The Balaban J connectivity index is 1.19. The van der Waals surface area contributed by atoms with Crippen LogP contribution < -0.4 is 15.4 Å². The maximum atomic E-state index is 14.0. The van der Waals surface area contributed by atoms with E-state index in [0.29, 0.717) is 25.0 Å². The Hall–Kier alpha value is -2.68. The van der Waals surface area contributed by atoms with Crippen LogP contribution in [0.4, 0.5) is 10.3 Å². The molecule has 2 fully saturated rings. The van der Waals surface area contributed by atoms with Gasteiger partial charge in [0, 0.05) is 37.8 Å². The number of aromatic nitrogens is 2. The van der Waals surface area contributed by atoms with Gasteiger partial charge in [-0.15, -0.1) is 0 Å². The van der Waals surface area contributed by atoms with Gasteiger partial charge in [-0.05, 0) is 94.1 Å². The second kappa shape index (κ2) is 10.9. The second-order valence-corrected chi connectivity index (χ2v) is 10.3. The molecule has 1 unspecified atom stereocenters. The van der Waals surface area contributed by atoms with Crippen molar-refractivity contribution in [1.82, 2.24) is 15.0 Å². The molecule has 3 heterocycles. The molecule has 1 amide bonds. The number of alkyl halides is 1. The molecule has 0 radical (unpaired) electrons. The first-order valence-electron chi connectivity index (χ1n) is 12.8. The van der Waals surface area contributed by atoms with Crippen LogP contribution in [-0.2, 0) is 5.67 Å². The fourth-order valence-corrected chi connectivity index (χ4v) is 5.04. The second-order valence-electron chi connectivity index (χ2n) is 10.3. The van der Waals surface area contributed by atoms with Crippen molar-refractivity contribution < 1.29 is 18.4 Å². The van der Waals surface area contributed by atoms with Crippen molar-refractivity contribution in [3.8, 4) is 5.75 Å². The monoisotopic (exact) mass is 487 g/mol. The van der Waals surface area contributed by atoms with Crippen LogP contribution in [0.2, 0.25) is 0 Å². The molecule has 0 spiro atoms. The van der Waals surface area contributed by atoms with Crippen molar-refractivity contribution in [2.45, 2.75) is 71.0 Å². The average molecular weight is 488 g/mol. The lowest BCUT2D eigenvalue weighted by Gasteiger charge is -2.30. The maximum absolute atomic E-state index is 14.0. The number of ether oxygens (including phenoxy) is 1. The summed E-state index contributed by atoms with van der Waals surface area (Å²) in [4.78, 5) is 21.1. The van der Waals surface area contributed by atoms with Crippen LogP contribution in [0.3, 0.4) is 0 Å². The van der Waals surface area contributed by atoms with Crippen molar-refractivity contribution >= 4 is 11.9 Å². The van der Waals surface area contributed by atoms with E-state index in [0.717, 1.165) is 75.0 Å². The quantitative estimate of drug-likeness (QED) is 0.529. The number of likely N-dealkylation sites (tertiary alicyclic amines) is 1. The van der Waals surface area contributed by atoms with Crippen molar-refractivity contribution in [2.75, 3.05) is 37.7 Å². The van der Waals surface area contributed by atoms with E-state index in [1.54, 1.807) is 0 Å². The van der Waals surface area contributed by atoms with Gasteiger partial charge < -0.3 is 24.8 Å². The largest absolute Gasteiger partial charge is 0.494 e. The van der Waals surface area contributed by atoms with Gasteiger partial charge >= 0.3 is 0 Å². The molecular formula is C26H38FN5O3. The summed E-state index contributed by atoms with van der Waals surface area (Å²) >= 11 is 0. The summed E-state index contributed by atoms with van der Waals surface area (Å²) in [7, 11) is 0. The van der Waals surface area contributed by atoms with Crippen LogP contribution in [0.25, 0.3) is 0 Å². The normalized spacial score (nSPS) is 19.4. The molecule has 2 aliphatic rings. The van der Waals surface area contributed by atoms with Crippen LogP contribution in [0.15, 0.2) is 22.7 Å². The third-order valence-corrected chi connectivity index (χ3v) is 7.19. The molecule has 35 heavy (non-hydrogen) atoms. The van der Waals surface area contributed by atoms with Gasteiger partial charge in [-0.1, -0.05) is 0 Å². The highest BCUT2D eigenvalue weighted by Gasteiger charge is 2.30. The molecule has 192 valence electrons. The van der Waals surface area contributed by atoms with E-state index in [1.807, 2.05) is 30.0 Å². The molecule has 0 bridgehead atoms. The molecule has 1 aromatic carbocycles. The van der Waals surface area contributed by atoms with Crippen LogP contribution in [0.1, 0.15) is 74.2 Å². The SMILES string of the molecule is Cc1cc(OCCCC2CCN(c3noc(C(C)(C)F)n3)CC2)ccc1C(=O)N1CCCC1CN. The van der Waals surface area contributed by atoms with Gasteiger partial charge in [-0.25, -0.2) is 4.39 Å². The van der Waals surface area contributed by atoms with E-state index in [1.165, 1.54) is 13.8 Å². The molecule has 2 saturated heterocycles. The predicted octanol–water partition coefficient (Wildman–Crippen LogP) is 4.22. The number of carbonyl (C=O) groups excluding carboxylic acids is 1. The molecule has 2 N–H and O–H groups in total. The van der Waals surface area contributed by atoms with Gasteiger partial charge in [-0.3, -0.25) is 4.79 Å². The van der Waals surface area contributed by atoms with Gasteiger partial charge in [0.05, 0.1) is 6.61 Å². The zero-order chi connectivity index (χ0) is 25.0. The van der Waals surface area contributed by atoms with Gasteiger partial charge in [0.25, 0.3) is 17.7 Å². The van der Waals surface area contributed by atoms with Crippen LogP contribution in [0.5, 0.6) is 5.75 Å². The van der Waals surface area contributed by atoms with E-state index < -0.39 is 5.67 Å². The standard InChI is InChI=1S/C26H38FN5O3/c1-18-16-21(8-9-22(18)23(33)32-12-4-7-20(32)17-28)34-15-5-6-19-10-13-31(14-11-19)25-29-24(35-30-25)26(2,3)27/h8-9,16,19-20H,4-7,10-15,17,28H2,1-3H3. The Bertz CT molecular complexity index is 997. The van der Waals surface area contributed by atoms with Crippen LogP contribution >= 0.6 is 0 Å². The molecule has 9 heteroatoms. The number of piperidine rings is 1. The number of halogens is 1. The van der Waals surface area contributed by atoms with E-state index in [-0.39, 0.29) is 17.8 Å². The lowest BCUT2D eigenvalue weighted by molar-refractivity contribution is 0.0740. The molecule has 0 saturated carbocycles. The van der Waals surface area contributed by atoms with Crippen molar-refractivity contribution in [3.05, 3.63) is 35.2 Å². The first kappa shape index (κ1) is 25.4. The summed E-state index contributed by atoms with van der Waals surface area (Å²) in [5, 5.41) is 3.95. The summed E-state index contributed by atoms with van der Waals surface area (Å²) < 4.78 is 25.0. The lowest BCUT2D eigenvalue weighted by atomic mass is 9.92. The molecule has 2 aliphatic heterocycles. The van der Waals surface area contributed by atoms with Gasteiger partial charge in [0.1, 0.15) is 5.75 Å². The molecule has 4 rings (SSSR count). The van der Waals surface area contributed by atoms with E-state index in [9.17, 15) is 9.18 Å². The Morgan fingerprint density at radius 1 is 1.26 bits per heavy atom. The number of anilines is 1. The van der Waals surface area contributed by atoms with Gasteiger partial charge in [0.2, 0.25) is 0 Å². The minimum atomic E-state index is -1.63. The minimum Gasteiger partial charge on any atom is -0.494 e. The minimum absolute atomic E-state index is 0.0233. The Kier molecular flexibility index (Phi) is 7.94. The fraction of sp³-hybridized carbons (Fsp3) is 0.654. The van der Waals surface area contributed by atoms with Gasteiger partial charge in [-0.2, -0.15) is 4.98 Å². The number of carbonyl (C=O) groups is 1. The number of nitrogens with zero attached hydrogens (tertiary/aromatic N) is 4. The van der Waals surface area contributed by atoms with E-state index >= 15 is 0 Å². The number of benzene rings is 1. The maximum Gasteiger partial charge on any atom is 0.266 e. The van der Waals surface area contributed by atoms with E-state index in [2.05, 4.69) is 15.0 Å². The molecular weight excluding hydrogens is 449 g/mol. The van der Waals surface area contributed by atoms with Gasteiger partial charge in [0.15, 0.2) is 5.67 Å². The highest BCUT2D eigenvalue weighted by molar-refractivity contribution is 5.96. The molecule has 1 aromatic heterocycles. The number of aryl methyl sites for hydroxylation is 1. The average Bonchev–Trinajstić information content (AvgIpc) is 3.52. The summed E-state index contributed by atoms with van der Waals surface area (Å²) in [5.41, 5.74) is 5.87. The summed E-state index contributed by atoms with van der Waals surface area (Å²) in [6.07, 6.45) is 6.14. The third kappa shape index (κ3) is 6.12. The van der Waals surface area contributed by atoms with E-state index in [4.69, 9.17) is 15.0 Å². The number of hydrogen-bond acceptors (Lipinski definition) is 7. The summed E-state index contributed by atoms with van der Waals surface area (Å²) in [6.45, 7) is 8.42.